The van der Waals surface area contributed by atoms with Crippen molar-refractivity contribution in [2.75, 3.05) is 6.54 Å². The molecule has 2 unspecified atom stereocenters. The zero-order valence-electron chi connectivity index (χ0n) is 13.3. The number of nitrogens with two attached hydrogens (primary N) is 1. The summed E-state index contributed by atoms with van der Waals surface area (Å²) >= 11 is 0. The molecule has 0 saturated carbocycles. The van der Waals surface area contributed by atoms with Crippen molar-refractivity contribution in [2.24, 2.45) is 5.73 Å². The molecule has 6 nitrogen and oxygen atoms in total. The van der Waals surface area contributed by atoms with Crippen molar-refractivity contribution in [3.8, 4) is 0 Å². The molecular formula is C14H26N4O2S. The summed E-state index contributed by atoms with van der Waals surface area (Å²) in [5, 5.41) is 4.34. The van der Waals surface area contributed by atoms with Crippen LogP contribution >= 0.6 is 0 Å². The average molecular weight is 314 g/mol. The molecule has 1 aromatic rings. The Balaban J connectivity index is 2.49. The summed E-state index contributed by atoms with van der Waals surface area (Å²) in [5.74, 6) is 0. The minimum Gasteiger partial charge on any atom is -0.329 e. The second-order valence-corrected chi connectivity index (χ2v) is 7.62. The first-order valence-corrected chi connectivity index (χ1v) is 9.06. The van der Waals surface area contributed by atoms with Crippen LogP contribution in [0.5, 0.6) is 0 Å². The van der Waals surface area contributed by atoms with E-state index in [0.717, 1.165) is 19.3 Å². The zero-order valence-corrected chi connectivity index (χ0v) is 14.2. The van der Waals surface area contributed by atoms with Gasteiger partial charge in [0.05, 0.1) is 17.9 Å². The van der Waals surface area contributed by atoms with Crippen LogP contribution in [0.2, 0.25) is 0 Å². The van der Waals surface area contributed by atoms with Gasteiger partial charge < -0.3 is 5.73 Å². The zero-order chi connectivity index (χ0) is 15.8. The van der Waals surface area contributed by atoms with E-state index >= 15 is 0 Å². The first kappa shape index (κ1) is 16.5. The number of hydrogen-bond donors (Lipinski definition) is 1. The Labute approximate surface area is 127 Å². The predicted molar refractivity (Wildman–Crippen MR) is 82.6 cm³/mol. The molecular weight excluding hydrogens is 288 g/mol. The molecule has 1 fully saturated rings. The summed E-state index contributed by atoms with van der Waals surface area (Å²) in [6, 6.07) is 0.151. The molecule has 120 valence electrons. The lowest BCUT2D eigenvalue weighted by molar-refractivity contribution is 0.328. The Morgan fingerprint density at radius 1 is 1.33 bits per heavy atom. The van der Waals surface area contributed by atoms with E-state index in [1.54, 1.807) is 15.9 Å². The van der Waals surface area contributed by atoms with Crippen LogP contribution in [-0.2, 0) is 16.6 Å². The van der Waals surface area contributed by atoms with Crippen LogP contribution in [0.3, 0.4) is 0 Å². The summed E-state index contributed by atoms with van der Waals surface area (Å²) in [4.78, 5) is 0.364. The van der Waals surface area contributed by atoms with Gasteiger partial charge in [0.15, 0.2) is 0 Å². The van der Waals surface area contributed by atoms with Crippen LogP contribution in [0.1, 0.15) is 44.5 Å². The molecule has 7 heteroatoms. The van der Waals surface area contributed by atoms with E-state index in [2.05, 4.69) is 5.10 Å². The van der Waals surface area contributed by atoms with Gasteiger partial charge in [-0.2, -0.15) is 9.40 Å². The second-order valence-electron chi connectivity index (χ2n) is 5.84. The maximum Gasteiger partial charge on any atom is 0.247 e. The Hall–Kier alpha value is -0.920. The molecule has 0 aromatic carbocycles. The third kappa shape index (κ3) is 2.74. The fourth-order valence-corrected chi connectivity index (χ4v) is 5.69. The van der Waals surface area contributed by atoms with Gasteiger partial charge in [-0.3, -0.25) is 4.68 Å². The Kier molecular flexibility index (Phi) is 4.75. The highest BCUT2D eigenvalue weighted by molar-refractivity contribution is 7.89. The van der Waals surface area contributed by atoms with Crippen LogP contribution in [-0.4, -0.2) is 41.1 Å². The number of nitrogens with zero attached hydrogens (tertiary/aromatic N) is 3. The first-order chi connectivity index (χ1) is 9.84. The van der Waals surface area contributed by atoms with Gasteiger partial charge in [-0.05, 0) is 40.0 Å². The van der Waals surface area contributed by atoms with Crippen LogP contribution in [0, 0.1) is 13.8 Å². The fourth-order valence-electron chi connectivity index (χ4n) is 3.36. The summed E-state index contributed by atoms with van der Waals surface area (Å²) in [6.07, 6.45) is 2.71. The Morgan fingerprint density at radius 2 is 2.00 bits per heavy atom. The molecule has 2 N–H and O–H groups in total. The van der Waals surface area contributed by atoms with Crippen LogP contribution in [0.25, 0.3) is 0 Å². The quantitative estimate of drug-likeness (QED) is 0.891. The number of rotatable bonds is 5. The van der Waals surface area contributed by atoms with Crippen LogP contribution < -0.4 is 5.73 Å². The van der Waals surface area contributed by atoms with E-state index in [1.165, 1.54) is 0 Å². The molecule has 2 heterocycles. The van der Waals surface area contributed by atoms with Crippen LogP contribution in [0.15, 0.2) is 4.90 Å². The SMILES string of the molecule is CCC1CCC(C)N1S(=O)(=O)c1c(C)nn(CCN)c1C. The molecule has 21 heavy (non-hydrogen) atoms. The van der Waals surface area contributed by atoms with Gasteiger partial charge in [-0.1, -0.05) is 6.92 Å². The maximum absolute atomic E-state index is 13.1. The van der Waals surface area contributed by atoms with Gasteiger partial charge in [-0.25, -0.2) is 8.42 Å². The lowest BCUT2D eigenvalue weighted by Crippen LogP contribution is -2.40. The molecule has 1 aromatic heterocycles. The van der Waals surface area contributed by atoms with Gasteiger partial charge in [0.2, 0.25) is 10.0 Å². The van der Waals surface area contributed by atoms with E-state index in [4.69, 9.17) is 5.73 Å². The van der Waals surface area contributed by atoms with Crippen molar-refractivity contribution in [1.82, 2.24) is 14.1 Å². The lowest BCUT2D eigenvalue weighted by Gasteiger charge is -2.27. The smallest absolute Gasteiger partial charge is 0.247 e. The minimum absolute atomic E-state index is 0.0524. The largest absolute Gasteiger partial charge is 0.329 e. The van der Waals surface area contributed by atoms with E-state index in [9.17, 15) is 8.42 Å². The highest BCUT2D eigenvalue weighted by Gasteiger charge is 2.41. The minimum atomic E-state index is -3.50. The van der Waals surface area contributed by atoms with E-state index in [-0.39, 0.29) is 12.1 Å². The van der Waals surface area contributed by atoms with Gasteiger partial charge in [0.25, 0.3) is 0 Å². The second kappa shape index (κ2) is 6.06. The third-order valence-corrected chi connectivity index (χ3v) is 6.69. The van der Waals surface area contributed by atoms with Crippen molar-refractivity contribution >= 4 is 10.0 Å². The number of sulfonamides is 1. The Morgan fingerprint density at radius 3 is 2.57 bits per heavy atom. The molecule has 0 radical (unpaired) electrons. The summed E-state index contributed by atoms with van der Waals surface area (Å²) in [5.41, 5.74) is 6.82. The average Bonchev–Trinajstić information content (AvgIpc) is 2.91. The van der Waals surface area contributed by atoms with Crippen molar-refractivity contribution in [3.63, 3.8) is 0 Å². The number of aromatic nitrogens is 2. The molecule has 2 atom stereocenters. The summed E-state index contributed by atoms with van der Waals surface area (Å²) in [7, 11) is -3.50. The molecule has 0 spiro atoms. The first-order valence-electron chi connectivity index (χ1n) is 7.62. The molecule has 0 bridgehead atoms. The van der Waals surface area contributed by atoms with Crippen molar-refractivity contribution in [2.45, 2.75) is 70.5 Å². The fraction of sp³-hybridized carbons (Fsp3) is 0.786. The maximum atomic E-state index is 13.1. The van der Waals surface area contributed by atoms with E-state index in [1.807, 2.05) is 20.8 Å². The van der Waals surface area contributed by atoms with Gasteiger partial charge in [-0.15, -0.1) is 0 Å². The highest BCUT2D eigenvalue weighted by atomic mass is 32.2. The van der Waals surface area contributed by atoms with Gasteiger partial charge >= 0.3 is 0 Å². The molecule has 0 aliphatic carbocycles. The molecule has 1 aliphatic rings. The lowest BCUT2D eigenvalue weighted by atomic mass is 10.2. The van der Waals surface area contributed by atoms with Gasteiger partial charge in [0.1, 0.15) is 4.90 Å². The van der Waals surface area contributed by atoms with E-state index < -0.39 is 10.0 Å². The summed E-state index contributed by atoms with van der Waals surface area (Å²) in [6.45, 7) is 8.58. The van der Waals surface area contributed by atoms with Crippen molar-refractivity contribution < 1.29 is 8.42 Å². The number of aryl methyl sites for hydroxylation is 1. The van der Waals surface area contributed by atoms with Gasteiger partial charge in [0, 0.05) is 18.6 Å². The number of hydrogen-bond acceptors (Lipinski definition) is 4. The predicted octanol–water partition coefficient (Wildman–Crippen LogP) is 1.41. The molecule has 0 amide bonds. The monoisotopic (exact) mass is 314 g/mol. The Bertz CT molecular complexity index is 609. The normalized spacial score (nSPS) is 23.9. The van der Waals surface area contributed by atoms with E-state index in [0.29, 0.717) is 29.4 Å². The third-order valence-electron chi connectivity index (χ3n) is 4.37. The summed E-state index contributed by atoms with van der Waals surface area (Å²) < 4.78 is 29.6. The highest BCUT2D eigenvalue weighted by Crippen LogP contribution is 2.34. The molecule has 1 aliphatic heterocycles. The van der Waals surface area contributed by atoms with Crippen molar-refractivity contribution in [3.05, 3.63) is 11.4 Å². The standard InChI is InChI=1S/C14H26N4O2S/c1-5-13-7-6-10(2)18(13)21(19,20)14-11(3)16-17(9-8-15)12(14)4/h10,13H,5-9,15H2,1-4H3. The van der Waals surface area contributed by atoms with Crippen LogP contribution in [0.4, 0.5) is 0 Å². The molecule has 1 saturated heterocycles. The molecule has 2 rings (SSSR count). The topological polar surface area (TPSA) is 81.2 Å². The van der Waals surface area contributed by atoms with Crippen molar-refractivity contribution in [1.29, 1.82) is 0 Å².